The number of carbonyl (C=O) groups is 1. The van der Waals surface area contributed by atoms with E-state index in [0.717, 1.165) is 57.0 Å². The number of nitrogens with one attached hydrogen (secondary N) is 5. The van der Waals surface area contributed by atoms with Crippen molar-refractivity contribution < 1.29 is 4.79 Å². The highest BCUT2D eigenvalue weighted by Crippen LogP contribution is 2.22. The van der Waals surface area contributed by atoms with Gasteiger partial charge in [-0.15, -0.1) is 0 Å². The van der Waals surface area contributed by atoms with Gasteiger partial charge in [0.1, 0.15) is 11.5 Å². The molecule has 2 heterocycles. The zero-order valence-electron chi connectivity index (χ0n) is 20.7. The first-order valence-electron chi connectivity index (χ1n) is 12.5. The minimum absolute atomic E-state index is 0.213. The third-order valence-electron chi connectivity index (χ3n) is 6.69. The molecule has 1 aromatic rings. The molecule has 1 aromatic carbocycles. The molecule has 0 aromatic heterocycles. The number of carbonyl (C=O) groups excluding carboxylic acids is 1. The second kappa shape index (κ2) is 13.9. The third-order valence-corrected chi connectivity index (χ3v) is 7.43. The van der Waals surface area contributed by atoms with E-state index in [9.17, 15) is 4.79 Å². The van der Waals surface area contributed by atoms with Gasteiger partial charge in [-0.2, -0.15) is 0 Å². The predicted molar refractivity (Wildman–Crippen MR) is 145 cm³/mol. The molecular formula is C26H38Cl2N6O. The summed E-state index contributed by atoms with van der Waals surface area (Å²) in [6.45, 7) is 9.60. The normalized spacial score (nSPS) is 20.7. The van der Waals surface area contributed by atoms with Gasteiger partial charge in [0, 0.05) is 38.4 Å². The molecule has 2 fully saturated rings. The molecular weight excluding hydrogens is 483 g/mol. The maximum Gasteiger partial charge on any atom is 0.273 e. The summed E-state index contributed by atoms with van der Waals surface area (Å²) in [5, 5.41) is 21.8. The van der Waals surface area contributed by atoms with Crippen molar-refractivity contribution in [2.75, 3.05) is 32.7 Å². The largest absolute Gasteiger partial charge is 0.377 e. The summed E-state index contributed by atoms with van der Waals surface area (Å²) >= 11 is 12.1. The van der Waals surface area contributed by atoms with E-state index in [-0.39, 0.29) is 11.9 Å². The van der Waals surface area contributed by atoms with Crippen molar-refractivity contribution in [3.8, 4) is 0 Å². The van der Waals surface area contributed by atoms with E-state index in [2.05, 4.69) is 26.2 Å². The Hall–Kier alpha value is -2.06. The van der Waals surface area contributed by atoms with Gasteiger partial charge in [0.15, 0.2) is 0 Å². The molecule has 1 unspecified atom stereocenters. The first kappa shape index (κ1) is 27.5. The molecule has 0 bridgehead atoms. The molecule has 192 valence electrons. The number of allylic oxidation sites excluding steroid dienone is 2. The van der Waals surface area contributed by atoms with E-state index in [0.29, 0.717) is 33.7 Å². The van der Waals surface area contributed by atoms with Crippen LogP contribution >= 0.6 is 23.2 Å². The lowest BCUT2D eigenvalue weighted by molar-refractivity contribution is -0.117. The van der Waals surface area contributed by atoms with Crippen LogP contribution in [0.2, 0.25) is 10.0 Å². The Bertz CT molecular complexity index is 934. The summed E-state index contributed by atoms with van der Waals surface area (Å²) in [4.78, 5) is 15.7. The highest BCUT2D eigenvalue weighted by Gasteiger charge is 2.25. The van der Waals surface area contributed by atoms with Crippen LogP contribution in [0.1, 0.15) is 45.1 Å². The number of likely N-dealkylation sites (tertiary alicyclic amines) is 1. The summed E-state index contributed by atoms with van der Waals surface area (Å²) in [5.74, 6) is 1.08. The van der Waals surface area contributed by atoms with Crippen LogP contribution in [0.5, 0.6) is 0 Å². The fourth-order valence-corrected chi connectivity index (χ4v) is 4.91. The molecule has 0 radical (unpaired) electrons. The number of rotatable bonds is 10. The average Bonchev–Trinajstić information content (AvgIpc) is 2.88. The number of hydrogen-bond donors (Lipinski definition) is 5. The van der Waals surface area contributed by atoms with E-state index >= 15 is 0 Å². The van der Waals surface area contributed by atoms with Crippen molar-refractivity contribution in [1.82, 2.24) is 26.2 Å². The first-order chi connectivity index (χ1) is 16.9. The molecule has 1 atom stereocenters. The van der Waals surface area contributed by atoms with Crippen LogP contribution < -0.4 is 21.3 Å². The lowest BCUT2D eigenvalue weighted by Crippen LogP contribution is -2.47. The van der Waals surface area contributed by atoms with Crippen molar-refractivity contribution in [2.24, 2.45) is 5.92 Å². The Balaban J connectivity index is 1.52. The summed E-state index contributed by atoms with van der Waals surface area (Å²) in [7, 11) is 0. The van der Waals surface area contributed by atoms with E-state index < -0.39 is 0 Å². The average molecular weight is 522 g/mol. The number of nitrogens with zero attached hydrogens (tertiary/aromatic N) is 1. The van der Waals surface area contributed by atoms with Gasteiger partial charge in [-0.05, 0) is 87.9 Å². The van der Waals surface area contributed by atoms with Gasteiger partial charge in [-0.25, -0.2) is 0 Å². The number of benzene rings is 1. The Kier molecular flexibility index (Phi) is 10.9. The topological polar surface area (TPSA) is 92.3 Å². The zero-order chi connectivity index (χ0) is 25.2. The summed E-state index contributed by atoms with van der Waals surface area (Å²) < 4.78 is 0. The smallest absolute Gasteiger partial charge is 0.273 e. The minimum atomic E-state index is -0.253. The van der Waals surface area contributed by atoms with E-state index in [1.807, 2.05) is 19.1 Å². The lowest BCUT2D eigenvalue weighted by atomic mass is 9.97. The SMILES string of the molecule is C/C=C(\NCc1ccc(Cl)c(Cl)c1)NC(=O)/C(NC1CCN(CC2CCCNC2)CC1)=C(\C)C=N. The van der Waals surface area contributed by atoms with Crippen LogP contribution in [-0.2, 0) is 11.3 Å². The molecule has 1 amide bonds. The molecule has 3 rings (SSSR count). The van der Waals surface area contributed by atoms with Crippen molar-refractivity contribution in [3.05, 3.63) is 57.0 Å². The van der Waals surface area contributed by atoms with E-state index in [1.54, 1.807) is 19.1 Å². The molecule has 0 aliphatic carbocycles. The predicted octanol–water partition coefficient (Wildman–Crippen LogP) is 4.04. The lowest BCUT2D eigenvalue weighted by Gasteiger charge is -2.36. The van der Waals surface area contributed by atoms with Crippen molar-refractivity contribution in [1.29, 1.82) is 5.41 Å². The van der Waals surface area contributed by atoms with Crippen LogP contribution in [0.25, 0.3) is 0 Å². The summed E-state index contributed by atoms with van der Waals surface area (Å²) in [6, 6.07) is 5.66. The summed E-state index contributed by atoms with van der Waals surface area (Å²) in [5.41, 5.74) is 2.01. The Morgan fingerprint density at radius 2 is 2.00 bits per heavy atom. The third kappa shape index (κ3) is 8.53. The maximum atomic E-state index is 13.2. The molecule has 2 aliphatic heterocycles. The molecule has 7 nitrogen and oxygen atoms in total. The molecule has 2 saturated heterocycles. The van der Waals surface area contributed by atoms with Crippen molar-refractivity contribution >= 4 is 35.3 Å². The van der Waals surface area contributed by atoms with Gasteiger partial charge < -0.3 is 31.6 Å². The second-order valence-electron chi connectivity index (χ2n) is 9.39. The van der Waals surface area contributed by atoms with Crippen LogP contribution in [0.3, 0.4) is 0 Å². The van der Waals surface area contributed by atoms with Gasteiger partial charge in [-0.3, -0.25) is 4.79 Å². The minimum Gasteiger partial charge on any atom is -0.377 e. The molecule has 2 aliphatic rings. The Morgan fingerprint density at radius 3 is 2.63 bits per heavy atom. The number of halogens is 2. The van der Waals surface area contributed by atoms with Gasteiger partial charge in [0.05, 0.1) is 10.0 Å². The van der Waals surface area contributed by atoms with Crippen molar-refractivity contribution in [2.45, 2.75) is 52.1 Å². The molecule has 9 heteroatoms. The van der Waals surface area contributed by atoms with Gasteiger partial charge >= 0.3 is 0 Å². The van der Waals surface area contributed by atoms with Gasteiger partial charge in [0.25, 0.3) is 5.91 Å². The van der Waals surface area contributed by atoms with Crippen LogP contribution in [0.4, 0.5) is 0 Å². The first-order valence-corrected chi connectivity index (χ1v) is 13.2. The quantitative estimate of drug-likeness (QED) is 0.237. The highest BCUT2D eigenvalue weighted by molar-refractivity contribution is 6.42. The molecule has 0 saturated carbocycles. The fraction of sp³-hybridized carbons (Fsp3) is 0.538. The van der Waals surface area contributed by atoms with Crippen LogP contribution in [-0.4, -0.2) is 55.8 Å². The van der Waals surface area contributed by atoms with Gasteiger partial charge in [-0.1, -0.05) is 29.3 Å². The Labute approximate surface area is 219 Å². The molecule has 0 spiro atoms. The maximum absolute atomic E-state index is 13.2. The number of piperidine rings is 2. The van der Waals surface area contributed by atoms with Gasteiger partial charge in [0.2, 0.25) is 0 Å². The summed E-state index contributed by atoms with van der Waals surface area (Å²) in [6.07, 6.45) is 7.58. The fourth-order valence-electron chi connectivity index (χ4n) is 4.59. The number of hydrogen-bond acceptors (Lipinski definition) is 6. The van der Waals surface area contributed by atoms with E-state index in [1.165, 1.54) is 19.1 Å². The van der Waals surface area contributed by atoms with Crippen LogP contribution in [0.15, 0.2) is 41.4 Å². The molecule has 35 heavy (non-hydrogen) atoms. The zero-order valence-corrected chi connectivity index (χ0v) is 22.2. The Morgan fingerprint density at radius 1 is 1.23 bits per heavy atom. The van der Waals surface area contributed by atoms with E-state index in [4.69, 9.17) is 28.6 Å². The standard InChI is InChI=1S/C26H38Cl2N6O/c1-3-24(31-16-19-6-7-22(27)23(28)13-19)33-26(35)25(18(2)14-29)32-21-8-11-34(12-9-21)17-20-5-4-10-30-15-20/h3,6-7,13-14,20-21,29-32H,4-5,8-12,15-17H2,1-2H3,(H,33,35)/b24-3+,25-18-,29-14?. The van der Waals surface area contributed by atoms with Crippen LogP contribution in [0, 0.1) is 11.3 Å². The number of amides is 1. The molecule has 5 N–H and O–H groups in total. The monoisotopic (exact) mass is 520 g/mol. The van der Waals surface area contributed by atoms with Crippen molar-refractivity contribution in [3.63, 3.8) is 0 Å². The second-order valence-corrected chi connectivity index (χ2v) is 10.2. The highest BCUT2D eigenvalue weighted by atomic mass is 35.5.